The zero-order chi connectivity index (χ0) is 14.4. The molecule has 0 atom stereocenters. The van der Waals surface area contributed by atoms with Gasteiger partial charge in [-0.15, -0.1) is 0 Å². The van der Waals surface area contributed by atoms with E-state index in [0.717, 1.165) is 51.3 Å². The van der Waals surface area contributed by atoms with Crippen LogP contribution in [0.2, 0.25) is 0 Å². The van der Waals surface area contributed by atoms with Gasteiger partial charge in [-0.25, -0.2) is 4.98 Å². The number of aromatic nitrogens is 1. The lowest BCUT2D eigenvalue weighted by Crippen LogP contribution is -2.37. The van der Waals surface area contributed by atoms with Gasteiger partial charge in [-0.3, -0.25) is 10.1 Å². The third kappa shape index (κ3) is 3.90. The maximum Gasteiger partial charge on any atom is 0.274 e. The summed E-state index contributed by atoms with van der Waals surface area (Å²) >= 11 is 0. The molecule has 20 heavy (non-hydrogen) atoms. The Bertz CT molecular complexity index is 447. The molecule has 0 unspecified atom stereocenters. The highest BCUT2D eigenvalue weighted by atomic mass is 16.6. The lowest BCUT2D eigenvalue weighted by atomic mass is 9.97. The molecule has 0 saturated carbocycles. The van der Waals surface area contributed by atoms with Crippen LogP contribution >= 0.6 is 0 Å². The molecule has 1 aliphatic heterocycles. The molecular formula is C14H22N4O2. The maximum absolute atomic E-state index is 10.9. The number of rotatable bonds is 6. The van der Waals surface area contributed by atoms with Gasteiger partial charge in [-0.05, 0) is 38.3 Å². The molecule has 1 saturated heterocycles. The van der Waals surface area contributed by atoms with Gasteiger partial charge in [0.25, 0.3) is 5.69 Å². The van der Waals surface area contributed by atoms with Crippen LogP contribution in [0.25, 0.3) is 0 Å². The largest absolute Gasteiger partial charge is 0.356 e. The Morgan fingerprint density at radius 2 is 2.25 bits per heavy atom. The fraction of sp³-hybridized carbons (Fsp3) is 0.643. The first-order valence-electron chi connectivity index (χ1n) is 7.26. The number of hydrogen-bond acceptors (Lipinski definition) is 5. The van der Waals surface area contributed by atoms with Crippen molar-refractivity contribution in [1.29, 1.82) is 0 Å². The molecular weight excluding hydrogens is 256 g/mol. The van der Waals surface area contributed by atoms with Gasteiger partial charge in [-0.1, -0.05) is 6.92 Å². The summed E-state index contributed by atoms with van der Waals surface area (Å²) in [5.74, 6) is 1.36. The van der Waals surface area contributed by atoms with E-state index in [1.54, 1.807) is 6.07 Å². The molecule has 0 amide bonds. The number of hydrogen-bond donors (Lipinski definition) is 1. The molecule has 0 radical (unpaired) electrons. The first-order valence-corrected chi connectivity index (χ1v) is 7.26. The summed E-state index contributed by atoms with van der Waals surface area (Å²) in [5, 5.41) is 14.2. The van der Waals surface area contributed by atoms with Crippen molar-refractivity contribution in [2.75, 3.05) is 31.1 Å². The average molecular weight is 278 g/mol. The quantitative estimate of drug-likeness (QED) is 0.638. The Morgan fingerprint density at radius 3 is 2.90 bits per heavy atom. The molecule has 1 fully saturated rings. The van der Waals surface area contributed by atoms with Crippen LogP contribution in [0, 0.1) is 16.0 Å². The molecule has 1 aliphatic rings. The Balaban J connectivity index is 2.10. The van der Waals surface area contributed by atoms with Gasteiger partial charge < -0.3 is 10.2 Å². The van der Waals surface area contributed by atoms with Crippen molar-refractivity contribution in [2.45, 2.75) is 26.2 Å². The molecule has 1 aromatic heterocycles. The first kappa shape index (κ1) is 14.7. The molecule has 0 spiro atoms. The molecule has 6 nitrogen and oxygen atoms in total. The SMILES string of the molecule is CCCN(CC1CCNCC1)c1cc([N+](=O)[O-])ccn1. The molecule has 2 heterocycles. The van der Waals surface area contributed by atoms with Gasteiger partial charge >= 0.3 is 0 Å². The van der Waals surface area contributed by atoms with Crippen LogP contribution in [0.15, 0.2) is 18.3 Å². The number of pyridine rings is 1. The van der Waals surface area contributed by atoms with Crippen molar-refractivity contribution < 1.29 is 4.92 Å². The topological polar surface area (TPSA) is 71.3 Å². The van der Waals surface area contributed by atoms with E-state index in [9.17, 15) is 10.1 Å². The Labute approximate surface area is 119 Å². The highest BCUT2D eigenvalue weighted by Gasteiger charge is 2.19. The molecule has 1 aromatic rings. The summed E-state index contributed by atoms with van der Waals surface area (Å²) in [4.78, 5) is 17.0. The van der Waals surface area contributed by atoms with Crippen molar-refractivity contribution in [3.63, 3.8) is 0 Å². The normalized spacial score (nSPS) is 16.1. The van der Waals surface area contributed by atoms with E-state index in [1.807, 2.05) is 0 Å². The zero-order valence-corrected chi connectivity index (χ0v) is 11.9. The lowest BCUT2D eigenvalue weighted by molar-refractivity contribution is -0.384. The van der Waals surface area contributed by atoms with Crippen LogP contribution in [-0.4, -0.2) is 36.1 Å². The monoisotopic (exact) mass is 278 g/mol. The van der Waals surface area contributed by atoms with E-state index in [0.29, 0.717) is 5.92 Å². The van der Waals surface area contributed by atoms with Crippen LogP contribution in [0.1, 0.15) is 26.2 Å². The van der Waals surface area contributed by atoms with Gasteiger partial charge in [-0.2, -0.15) is 0 Å². The first-order chi connectivity index (χ1) is 9.70. The van der Waals surface area contributed by atoms with E-state index in [1.165, 1.54) is 12.3 Å². The fourth-order valence-electron chi connectivity index (χ4n) is 2.64. The third-order valence-corrected chi connectivity index (χ3v) is 3.69. The summed E-state index contributed by atoms with van der Waals surface area (Å²) in [6.45, 7) is 6.06. The van der Waals surface area contributed by atoms with Crippen LogP contribution < -0.4 is 10.2 Å². The minimum Gasteiger partial charge on any atom is -0.356 e. The predicted octanol–water partition coefficient (Wildman–Crippen LogP) is 2.21. The highest BCUT2D eigenvalue weighted by Crippen LogP contribution is 2.21. The summed E-state index contributed by atoms with van der Waals surface area (Å²) in [5.41, 5.74) is 0.112. The second kappa shape index (κ2) is 7.19. The average Bonchev–Trinajstić information content (AvgIpc) is 2.48. The van der Waals surface area contributed by atoms with Crippen molar-refractivity contribution in [2.24, 2.45) is 5.92 Å². The van der Waals surface area contributed by atoms with Crippen LogP contribution in [0.5, 0.6) is 0 Å². The zero-order valence-electron chi connectivity index (χ0n) is 11.9. The Kier molecular flexibility index (Phi) is 5.29. The molecule has 110 valence electrons. The number of nitrogens with zero attached hydrogens (tertiary/aromatic N) is 3. The lowest BCUT2D eigenvalue weighted by Gasteiger charge is -2.30. The van der Waals surface area contributed by atoms with E-state index < -0.39 is 0 Å². The van der Waals surface area contributed by atoms with E-state index in [-0.39, 0.29) is 10.6 Å². The molecule has 0 bridgehead atoms. The number of nitro groups is 1. The van der Waals surface area contributed by atoms with Gasteiger partial charge in [0.15, 0.2) is 0 Å². The van der Waals surface area contributed by atoms with E-state index >= 15 is 0 Å². The van der Waals surface area contributed by atoms with Crippen molar-refractivity contribution in [3.05, 3.63) is 28.4 Å². The fourth-order valence-corrected chi connectivity index (χ4v) is 2.64. The second-order valence-electron chi connectivity index (χ2n) is 5.27. The van der Waals surface area contributed by atoms with Gasteiger partial charge in [0, 0.05) is 25.4 Å². The van der Waals surface area contributed by atoms with Crippen molar-refractivity contribution in [3.8, 4) is 0 Å². The maximum atomic E-state index is 10.9. The van der Waals surface area contributed by atoms with E-state index in [4.69, 9.17) is 0 Å². The van der Waals surface area contributed by atoms with Crippen molar-refractivity contribution >= 4 is 11.5 Å². The number of nitrogens with one attached hydrogen (secondary N) is 1. The standard InChI is InChI=1S/C14H22N4O2/c1-2-9-17(11-12-3-6-15-7-4-12)14-10-13(18(19)20)5-8-16-14/h5,8,10,12,15H,2-4,6-7,9,11H2,1H3. The summed E-state index contributed by atoms with van der Waals surface area (Å²) in [6, 6.07) is 3.02. The van der Waals surface area contributed by atoms with Gasteiger partial charge in [0.1, 0.15) is 5.82 Å². The molecule has 0 aromatic carbocycles. The molecule has 1 N–H and O–H groups in total. The number of anilines is 1. The highest BCUT2D eigenvalue weighted by molar-refractivity contribution is 5.46. The van der Waals surface area contributed by atoms with Crippen LogP contribution in [0.3, 0.4) is 0 Å². The third-order valence-electron chi connectivity index (χ3n) is 3.69. The minimum atomic E-state index is -0.361. The Hall–Kier alpha value is -1.69. The predicted molar refractivity (Wildman–Crippen MR) is 79.0 cm³/mol. The van der Waals surface area contributed by atoms with E-state index in [2.05, 4.69) is 22.1 Å². The smallest absolute Gasteiger partial charge is 0.274 e. The second-order valence-corrected chi connectivity index (χ2v) is 5.27. The summed E-state index contributed by atoms with van der Waals surface area (Å²) < 4.78 is 0. The molecule has 6 heteroatoms. The Morgan fingerprint density at radius 1 is 1.50 bits per heavy atom. The van der Waals surface area contributed by atoms with Gasteiger partial charge in [0.2, 0.25) is 0 Å². The molecule has 2 rings (SSSR count). The summed E-state index contributed by atoms with van der Waals surface area (Å²) in [6.07, 6.45) is 4.86. The summed E-state index contributed by atoms with van der Waals surface area (Å²) in [7, 11) is 0. The van der Waals surface area contributed by atoms with Crippen molar-refractivity contribution in [1.82, 2.24) is 10.3 Å². The van der Waals surface area contributed by atoms with Crippen LogP contribution in [-0.2, 0) is 0 Å². The van der Waals surface area contributed by atoms with Crippen LogP contribution in [0.4, 0.5) is 11.5 Å². The number of piperidine rings is 1. The van der Waals surface area contributed by atoms with Gasteiger partial charge in [0.05, 0.1) is 11.0 Å². The molecule has 0 aliphatic carbocycles. The minimum absolute atomic E-state index is 0.112.